The van der Waals surface area contributed by atoms with Crippen LogP contribution in [0, 0.1) is 12.7 Å². The lowest BCUT2D eigenvalue weighted by Crippen LogP contribution is -2.15. The number of nitrogens with one attached hydrogen (secondary N) is 1. The summed E-state index contributed by atoms with van der Waals surface area (Å²) in [6.07, 6.45) is 0. The third-order valence-corrected chi connectivity index (χ3v) is 5.87. The molecule has 0 aliphatic carbocycles. The van der Waals surface area contributed by atoms with Crippen LogP contribution in [0.5, 0.6) is 0 Å². The molecule has 2 aromatic heterocycles. The minimum Gasteiger partial charge on any atom is -0.328 e. The fraction of sp³-hybridized carbons (Fsp3) is 0.214. The molecule has 1 N–H and O–H groups in total. The summed E-state index contributed by atoms with van der Waals surface area (Å²) in [5.74, 6) is 0.399. The summed E-state index contributed by atoms with van der Waals surface area (Å²) in [6.45, 7) is 2.55. The van der Waals surface area contributed by atoms with Gasteiger partial charge in [-0.2, -0.15) is 0 Å². The molecule has 3 rings (SSSR count). The number of hydrogen-bond acceptors (Lipinski definition) is 7. The molecule has 0 unspecified atom stereocenters. The molecule has 0 fully saturated rings. The van der Waals surface area contributed by atoms with Crippen molar-refractivity contribution in [3.05, 3.63) is 50.8 Å². The molecular formula is C14H13FN4OS3. The summed E-state index contributed by atoms with van der Waals surface area (Å²) < 4.78 is 16.1. The summed E-state index contributed by atoms with van der Waals surface area (Å²) in [6, 6.07) is 6.43. The monoisotopic (exact) mass is 368 g/mol. The van der Waals surface area contributed by atoms with Crippen molar-refractivity contribution < 1.29 is 4.39 Å². The number of rotatable bonds is 6. The highest BCUT2D eigenvalue weighted by molar-refractivity contribution is 8.01. The number of aryl methyl sites for hydroxylation is 1. The molecule has 2 heterocycles. The SMILES string of the molecule is Cc1csc(=O)n1CCSc1nnc(Nc2ccccc2F)s1. The van der Waals surface area contributed by atoms with Gasteiger partial charge in [-0.05, 0) is 19.1 Å². The van der Waals surface area contributed by atoms with Crippen molar-refractivity contribution in [3.8, 4) is 0 Å². The molecule has 0 amide bonds. The average molecular weight is 368 g/mol. The number of halogens is 1. The predicted molar refractivity (Wildman–Crippen MR) is 93.6 cm³/mol. The Hall–Kier alpha value is -1.71. The molecule has 0 aliphatic rings. The van der Waals surface area contributed by atoms with Crippen molar-refractivity contribution in [2.24, 2.45) is 0 Å². The lowest BCUT2D eigenvalue weighted by Gasteiger charge is -2.02. The van der Waals surface area contributed by atoms with Gasteiger partial charge >= 0.3 is 4.87 Å². The second-order valence-corrected chi connectivity index (χ2v) is 7.76. The zero-order valence-electron chi connectivity index (χ0n) is 12.2. The summed E-state index contributed by atoms with van der Waals surface area (Å²) in [4.78, 5) is 11.7. The Bertz CT molecular complexity index is 858. The van der Waals surface area contributed by atoms with Gasteiger partial charge < -0.3 is 9.88 Å². The van der Waals surface area contributed by atoms with Crippen molar-refractivity contribution >= 4 is 45.3 Å². The maximum atomic E-state index is 13.6. The van der Waals surface area contributed by atoms with E-state index in [0.717, 1.165) is 15.8 Å². The van der Waals surface area contributed by atoms with Crippen LogP contribution in [0.3, 0.4) is 0 Å². The van der Waals surface area contributed by atoms with Gasteiger partial charge in [0.1, 0.15) is 5.82 Å². The molecule has 0 aliphatic heterocycles. The van der Waals surface area contributed by atoms with E-state index >= 15 is 0 Å². The third kappa shape index (κ3) is 3.98. The van der Waals surface area contributed by atoms with Gasteiger partial charge in [0.2, 0.25) is 5.13 Å². The van der Waals surface area contributed by atoms with Gasteiger partial charge in [-0.15, -0.1) is 10.2 Å². The van der Waals surface area contributed by atoms with E-state index in [4.69, 9.17) is 0 Å². The van der Waals surface area contributed by atoms with Crippen LogP contribution in [0.2, 0.25) is 0 Å². The topological polar surface area (TPSA) is 59.8 Å². The van der Waals surface area contributed by atoms with E-state index in [9.17, 15) is 9.18 Å². The van der Waals surface area contributed by atoms with Gasteiger partial charge in [0, 0.05) is 23.4 Å². The highest BCUT2D eigenvalue weighted by Crippen LogP contribution is 2.28. The first-order valence-corrected chi connectivity index (χ1v) is 9.44. The molecule has 120 valence electrons. The number of thiazole rings is 1. The Balaban J connectivity index is 1.57. The first kappa shape index (κ1) is 16.2. The lowest BCUT2D eigenvalue weighted by atomic mass is 10.3. The van der Waals surface area contributed by atoms with Crippen molar-refractivity contribution in [1.29, 1.82) is 0 Å². The maximum absolute atomic E-state index is 13.6. The molecule has 0 spiro atoms. The van der Waals surface area contributed by atoms with Crippen LogP contribution in [0.1, 0.15) is 5.69 Å². The molecule has 0 saturated carbocycles. The first-order valence-electron chi connectivity index (χ1n) is 6.76. The minimum absolute atomic E-state index is 0.0577. The van der Waals surface area contributed by atoms with Crippen molar-refractivity contribution in [2.45, 2.75) is 17.8 Å². The quantitative estimate of drug-likeness (QED) is 0.672. The van der Waals surface area contributed by atoms with Gasteiger partial charge in [-0.3, -0.25) is 4.79 Å². The lowest BCUT2D eigenvalue weighted by molar-refractivity contribution is 0.632. The fourth-order valence-corrected chi connectivity index (χ4v) is 4.42. The number of hydrogen-bond donors (Lipinski definition) is 1. The van der Waals surface area contributed by atoms with Crippen LogP contribution >= 0.6 is 34.4 Å². The van der Waals surface area contributed by atoms with Gasteiger partial charge in [-0.25, -0.2) is 4.39 Å². The van der Waals surface area contributed by atoms with Crippen LogP contribution in [-0.2, 0) is 6.54 Å². The Kier molecular flexibility index (Phi) is 5.09. The van der Waals surface area contributed by atoms with E-state index in [1.807, 2.05) is 12.3 Å². The molecule has 0 atom stereocenters. The minimum atomic E-state index is -0.329. The number of para-hydroxylation sites is 1. The zero-order chi connectivity index (χ0) is 16.2. The smallest absolute Gasteiger partial charge is 0.307 e. The number of anilines is 2. The molecule has 3 aromatic rings. The number of benzene rings is 1. The summed E-state index contributed by atoms with van der Waals surface area (Å²) in [5.41, 5.74) is 1.35. The van der Waals surface area contributed by atoms with E-state index < -0.39 is 0 Å². The maximum Gasteiger partial charge on any atom is 0.307 e. The van der Waals surface area contributed by atoms with Gasteiger partial charge in [0.25, 0.3) is 0 Å². The van der Waals surface area contributed by atoms with E-state index in [-0.39, 0.29) is 10.7 Å². The van der Waals surface area contributed by atoms with Crippen LogP contribution in [-0.4, -0.2) is 20.5 Å². The Labute approximate surface area is 144 Å². The largest absolute Gasteiger partial charge is 0.328 e. The molecule has 0 saturated heterocycles. The Morgan fingerprint density at radius 1 is 1.35 bits per heavy atom. The molecule has 9 heteroatoms. The molecule has 23 heavy (non-hydrogen) atoms. The first-order chi connectivity index (χ1) is 11.1. The van der Waals surface area contributed by atoms with Crippen LogP contribution < -0.4 is 10.2 Å². The van der Waals surface area contributed by atoms with Crippen LogP contribution in [0.15, 0.2) is 38.8 Å². The fourth-order valence-electron chi connectivity index (χ4n) is 1.90. The number of aromatic nitrogens is 3. The van der Waals surface area contributed by atoms with Crippen molar-refractivity contribution in [3.63, 3.8) is 0 Å². The second kappa shape index (κ2) is 7.24. The standard InChI is InChI=1S/C14H13FN4OS3/c1-9-8-22-14(20)19(9)6-7-21-13-18-17-12(23-13)16-11-5-3-2-4-10(11)15/h2-5,8H,6-7H2,1H3,(H,16,17). The van der Waals surface area contributed by atoms with E-state index in [1.54, 1.807) is 22.8 Å². The average Bonchev–Trinajstić information content (AvgIpc) is 3.11. The van der Waals surface area contributed by atoms with Gasteiger partial charge in [0.05, 0.1) is 5.69 Å². The zero-order valence-corrected chi connectivity index (χ0v) is 14.6. The second-order valence-electron chi connectivity index (χ2n) is 4.62. The highest BCUT2D eigenvalue weighted by Gasteiger charge is 2.08. The summed E-state index contributed by atoms with van der Waals surface area (Å²) in [7, 11) is 0. The molecular weight excluding hydrogens is 355 g/mol. The van der Waals surface area contributed by atoms with Gasteiger partial charge in [-0.1, -0.05) is 46.6 Å². The molecule has 0 radical (unpaired) electrons. The third-order valence-electron chi connectivity index (χ3n) is 3.04. The number of thioether (sulfide) groups is 1. The normalized spacial score (nSPS) is 10.9. The van der Waals surface area contributed by atoms with Crippen molar-refractivity contribution in [2.75, 3.05) is 11.1 Å². The predicted octanol–water partition coefficient (Wildman–Crippen LogP) is 3.74. The van der Waals surface area contributed by atoms with Crippen LogP contribution in [0.4, 0.5) is 15.2 Å². The van der Waals surface area contributed by atoms with Crippen molar-refractivity contribution in [1.82, 2.24) is 14.8 Å². The highest BCUT2D eigenvalue weighted by atomic mass is 32.2. The Morgan fingerprint density at radius 2 is 2.17 bits per heavy atom. The summed E-state index contributed by atoms with van der Waals surface area (Å²) >= 11 is 4.10. The number of nitrogens with zero attached hydrogens (tertiary/aromatic N) is 3. The van der Waals surface area contributed by atoms with Gasteiger partial charge in [0.15, 0.2) is 4.34 Å². The molecule has 5 nitrogen and oxygen atoms in total. The molecule has 1 aromatic carbocycles. The van der Waals surface area contributed by atoms with E-state index in [2.05, 4.69) is 15.5 Å². The van der Waals surface area contributed by atoms with E-state index in [0.29, 0.717) is 17.4 Å². The van der Waals surface area contributed by atoms with E-state index in [1.165, 1.54) is 40.5 Å². The van der Waals surface area contributed by atoms with Crippen LogP contribution in [0.25, 0.3) is 0 Å². The Morgan fingerprint density at radius 3 is 2.91 bits per heavy atom. The summed E-state index contributed by atoms with van der Waals surface area (Å²) in [5, 5.41) is 13.4. The molecule has 0 bridgehead atoms.